The summed E-state index contributed by atoms with van der Waals surface area (Å²) in [4.78, 5) is 19.3. The summed E-state index contributed by atoms with van der Waals surface area (Å²) in [7, 11) is 0. The minimum Gasteiger partial charge on any atom is -0.461 e. The smallest absolute Gasteiger partial charge is 0.319 e. The zero-order valence-electron chi connectivity index (χ0n) is 25.6. The Morgan fingerprint density at radius 1 is 0.957 bits per heavy atom. The van der Waals surface area contributed by atoms with Gasteiger partial charge in [-0.15, -0.1) is 0 Å². The first-order valence-electron chi connectivity index (χ1n) is 16.5. The van der Waals surface area contributed by atoms with Crippen LogP contribution in [0.5, 0.6) is 6.01 Å². The third-order valence-corrected chi connectivity index (χ3v) is 11.1. The Kier molecular flexibility index (Phi) is 6.88. The zero-order chi connectivity index (χ0) is 30.8. The molecule has 0 spiro atoms. The number of ether oxygens (including phenoxy) is 1. The number of piperazine rings is 1. The Morgan fingerprint density at radius 2 is 1.76 bits per heavy atom. The highest BCUT2D eigenvalue weighted by Gasteiger charge is 2.49. The molecule has 234 valence electrons. The molecule has 2 aromatic heterocycles. The van der Waals surface area contributed by atoms with Crippen LogP contribution in [-0.4, -0.2) is 70.3 Å². The van der Waals surface area contributed by atoms with E-state index >= 15 is 4.39 Å². The molecule has 3 aromatic carbocycles. The maximum Gasteiger partial charge on any atom is 0.319 e. The number of nitrogens with zero attached hydrogens (tertiary/aromatic N) is 5. The van der Waals surface area contributed by atoms with E-state index in [1.54, 1.807) is 6.20 Å². The largest absolute Gasteiger partial charge is 0.461 e. The molecule has 0 saturated carbocycles. The van der Waals surface area contributed by atoms with Crippen LogP contribution in [0.2, 0.25) is 5.02 Å². The highest BCUT2D eigenvalue weighted by molar-refractivity contribution is 6.36. The van der Waals surface area contributed by atoms with Gasteiger partial charge in [0.05, 0.1) is 10.9 Å². The van der Waals surface area contributed by atoms with E-state index in [0.29, 0.717) is 46.4 Å². The summed E-state index contributed by atoms with van der Waals surface area (Å²) in [6.07, 6.45) is 7.24. The molecule has 1 N–H and O–H groups in total. The fourth-order valence-corrected chi connectivity index (χ4v) is 8.93. The summed E-state index contributed by atoms with van der Waals surface area (Å²) in [5, 5.41) is 6.57. The van der Waals surface area contributed by atoms with Crippen molar-refractivity contribution >= 4 is 39.1 Å². The van der Waals surface area contributed by atoms with E-state index in [4.69, 9.17) is 31.3 Å². The molecule has 4 fully saturated rings. The van der Waals surface area contributed by atoms with Crippen LogP contribution in [0.4, 0.5) is 10.2 Å². The van der Waals surface area contributed by atoms with Crippen LogP contribution in [0.1, 0.15) is 43.6 Å². The first-order chi connectivity index (χ1) is 22.5. The van der Waals surface area contributed by atoms with Crippen molar-refractivity contribution in [2.75, 3.05) is 37.7 Å². The van der Waals surface area contributed by atoms with Crippen molar-refractivity contribution in [3.8, 4) is 17.3 Å². The van der Waals surface area contributed by atoms with E-state index in [-0.39, 0.29) is 22.8 Å². The predicted octanol–water partition coefficient (Wildman–Crippen LogP) is 6.98. The lowest BCUT2D eigenvalue weighted by molar-refractivity contribution is 0.108. The van der Waals surface area contributed by atoms with Gasteiger partial charge in [-0.3, -0.25) is 9.88 Å². The van der Waals surface area contributed by atoms with Gasteiger partial charge >= 0.3 is 6.01 Å². The van der Waals surface area contributed by atoms with Crippen LogP contribution in [0, 0.1) is 5.82 Å². The Bertz CT molecular complexity index is 1940. The van der Waals surface area contributed by atoms with Crippen molar-refractivity contribution in [2.24, 2.45) is 0 Å². The topological polar surface area (TPSA) is 66.4 Å². The molecule has 0 aliphatic carbocycles. The molecule has 7 nitrogen and oxygen atoms in total. The number of benzene rings is 3. The Hall–Kier alpha value is -3.85. The number of hydrogen-bond acceptors (Lipinski definition) is 7. The molecule has 46 heavy (non-hydrogen) atoms. The Balaban J connectivity index is 1.12. The average Bonchev–Trinajstić information content (AvgIpc) is 3.75. The van der Waals surface area contributed by atoms with Gasteiger partial charge in [0.1, 0.15) is 23.6 Å². The monoisotopic (exact) mass is 634 g/mol. The molecule has 6 heterocycles. The van der Waals surface area contributed by atoms with Crippen molar-refractivity contribution in [1.29, 1.82) is 0 Å². The van der Waals surface area contributed by atoms with E-state index in [2.05, 4.69) is 45.4 Å². The quantitative estimate of drug-likeness (QED) is 0.216. The SMILES string of the molecule is Fc1c(-c2cccc3cccc(Cl)c23)ncc2c(N3CC4CCC(C3)N4)nc(OCC34CCCN3C[C@H](c3ccccc3)C4)nc12. The van der Waals surface area contributed by atoms with Gasteiger partial charge in [-0.2, -0.15) is 9.97 Å². The number of fused-ring (bicyclic) bond motifs is 5. The first-order valence-corrected chi connectivity index (χ1v) is 16.9. The lowest BCUT2D eigenvalue weighted by Crippen LogP contribution is -2.51. The van der Waals surface area contributed by atoms with Crippen molar-refractivity contribution in [3.63, 3.8) is 0 Å². The summed E-state index contributed by atoms with van der Waals surface area (Å²) in [5.74, 6) is 0.678. The molecule has 5 aromatic rings. The predicted molar refractivity (Wildman–Crippen MR) is 180 cm³/mol. The summed E-state index contributed by atoms with van der Waals surface area (Å²) in [5.41, 5.74) is 2.40. The van der Waals surface area contributed by atoms with Gasteiger partial charge in [-0.05, 0) is 61.6 Å². The van der Waals surface area contributed by atoms with Crippen molar-refractivity contribution in [1.82, 2.24) is 25.2 Å². The molecule has 2 bridgehead atoms. The van der Waals surface area contributed by atoms with Gasteiger partial charge in [0, 0.05) is 53.9 Å². The van der Waals surface area contributed by atoms with Gasteiger partial charge in [-0.25, -0.2) is 4.39 Å². The normalized spacial score (nSPS) is 25.9. The van der Waals surface area contributed by atoms with Gasteiger partial charge in [-0.1, -0.05) is 72.3 Å². The molecule has 4 atom stereocenters. The third-order valence-electron chi connectivity index (χ3n) is 10.8. The van der Waals surface area contributed by atoms with Crippen molar-refractivity contribution in [3.05, 3.63) is 89.3 Å². The molecule has 9 rings (SSSR count). The van der Waals surface area contributed by atoms with Crippen LogP contribution in [0.15, 0.2) is 72.9 Å². The summed E-state index contributed by atoms with van der Waals surface area (Å²) >= 11 is 6.65. The van der Waals surface area contributed by atoms with Gasteiger partial charge in [0.25, 0.3) is 0 Å². The fraction of sp³-hybridized carbons (Fsp3) is 0.378. The minimum absolute atomic E-state index is 0.0746. The van der Waals surface area contributed by atoms with Crippen LogP contribution in [0.3, 0.4) is 0 Å². The third kappa shape index (κ3) is 4.72. The van der Waals surface area contributed by atoms with E-state index < -0.39 is 5.82 Å². The van der Waals surface area contributed by atoms with Crippen LogP contribution in [-0.2, 0) is 0 Å². The summed E-state index contributed by atoms with van der Waals surface area (Å²) < 4.78 is 23.4. The fourth-order valence-electron chi connectivity index (χ4n) is 8.65. The van der Waals surface area contributed by atoms with E-state index in [9.17, 15) is 0 Å². The van der Waals surface area contributed by atoms with Gasteiger partial charge < -0.3 is 15.0 Å². The maximum atomic E-state index is 16.8. The molecule has 9 heteroatoms. The molecule has 4 aliphatic heterocycles. The van der Waals surface area contributed by atoms with Gasteiger partial charge in [0.15, 0.2) is 5.82 Å². The van der Waals surface area contributed by atoms with E-state index in [1.165, 1.54) is 5.56 Å². The van der Waals surface area contributed by atoms with Crippen molar-refractivity contribution in [2.45, 2.75) is 55.6 Å². The Morgan fingerprint density at radius 3 is 2.59 bits per heavy atom. The van der Waals surface area contributed by atoms with Crippen LogP contribution in [0.25, 0.3) is 32.9 Å². The molecule has 3 unspecified atom stereocenters. The van der Waals surface area contributed by atoms with E-state index in [1.807, 2.05) is 36.4 Å². The number of nitrogens with one attached hydrogen (secondary N) is 1. The molecule has 0 amide bonds. The molecular formula is C37H36ClFN6O. The van der Waals surface area contributed by atoms with Gasteiger partial charge in [0.2, 0.25) is 0 Å². The number of aromatic nitrogens is 3. The average molecular weight is 635 g/mol. The number of pyridine rings is 1. The number of rotatable bonds is 6. The number of anilines is 1. The summed E-state index contributed by atoms with van der Waals surface area (Å²) in [6.45, 7) is 4.18. The molecular weight excluding hydrogens is 599 g/mol. The second-order valence-electron chi connectivity index (χ2n) is 13.6. The first kappa shape index (κ1) is 28.4. The maximum absolute atomic E-state index is 16.8. The molecule has 4 saturated heterocycles. The number of hydrogen-bond donors (Lipinski definition) is 1. The second kappa shape index (κ2) is 11.1. The lowest BCUT2D eigenvalue weighted by Gasteiger charge is -2.34. The highest BCUT2D eigenvalue weighted by atomic mass is 35.5. The standard InChI is InChI=1S/C37H36ClFN6O/c38-30-12-5-10-24-9-4-11-28(31(24)30)33-32(39)34-29(18-40-33)35(44-20-26-13-14-27(21-44)41-26)43-36(42-34)46-22-37-15-6-16-45(37)19-25(17-37)23-7-2-1-3-8-23/h1-5,7-12,18,25-27,41H,6,13-17,19-22H2/t25-,26?,27?,37?/m1/s1. The Labute approximate surface area is 272 Å². The summed E-state index contributed by atoms with van der Waals surface area (Å²) in [6, 6.07) is 23.3. The van der Waals surface area contributed by atoms with Crippen LogP contribution < -0.4 is 15.0 Å². The highest BCUT2D eigenvalue weighted by Crippen LogP contribution is 2.46. The minimum atomic E-state index is -0.484. The van der Waals surface area contributed by atoms with E-state index in [0.717, 1.165) is 69.1 Å². The second-order valence-corrected chi connectivity index (χ2v) is 14.0. The molecule has 4 aliphatic rings. The van der Waals surface area contributed by atoms with Crippen LogP contribution >= 0.6 is 11.6 Å². The lowest BCUT2D eigenvalue weighted by atomic mass is 9.87. The molecule has 0 radical (unpaired) electrons. The number of halogens is 2. The zero-order valence-corrected chi connectivity index (χ0v) is 26.4. The van der Waals surface area contributed by atoms with Crippen molar-refractivity contribution < 1.29 is 9.13 Å².